The summed E-state index contributed by atoms with van der Waals surface area (Å²) in [5, 5.41) is 18.5. The molecule has 1 aliphatic heterocycles. The van der Waals surface area contributed by atoms with Gasteiger partial charge in [-0.1, -0.05) is 0 Å². The zero-order valence-electron chi connectivity index (χ0n) is 6.93. The molecule has 0 saturated carbocycles. The molecule has 5 heteroatoms. The van der Waals surface area contributed by atoms with Crippen LogP contribution in [0.4, 0.5) is 0 Å². The summed E-state index contributed by atoms with van der Waals surface area (Å²) in [5.74, 6) is -0.661. The van der Waals surface area contributed by atoms with Crippen LogP contribution < -0.4 is 0 Å². The zero-order valence-corrected chi connectivity index (χ0v) is 6.93. The first-order valence-electron chi connectivity index (χ1n) is 3.67. The fourth-order valence-electron chi connectivity index (χ4n) is 1.16. The smallest absolute Gasteiger partial charge is 0.337 e. The van der Waals surface area contributed by atoms with Gasteiger partial charge in [0.25, 0.3) is 0 Å². The zero-order chi connectivity index (χ0) is 9.30. The minimum atomic E-state index is -1.19. The van der Waals surface area contributed by atoms with Crippen molar-refractivity contribution in [3.05, 3.63) is 0 Å². The molecule has 0 radical (unpaired) electrons. The molecule has 0 unspecified atom stereocenters. The minimum Gasteiger partial charge on any atom is -0.467 e. The summed E-state index contributed by atoms with van der Waals surface area (Å²) < 4.78 is 9.33. The molecule has 0 bridgehead atoms. The van der Waals surface area contributed by atoms with Crippen molar-refractivity contribution in [3.8, 4) is 0 Å². The Labute approximate surface area is 69.9 Å². The standard InChI is InChI=1S/C7H12O5/c1-3-4(8)5(9)6(12-3)7(10)11-2/h3-6,8-9H,1-2H3/t3-,4-,5+,6-/m1/s1. The molecule has 1 aliphatic rings. The number of hydrogen-bond donors (Lipinski definition) is 2. The lowest BCUT2D eigenvalue weighted by Crippen LogP contribution is -2.36. The number of aliphatic hydroxyl groups excluding tert-OH is 2. The summed E-state index contributed by atoms with van der Waals surface area (Å²) >= 11 is 0. The predicted molar refractivity (Wildman–Crippen MR) is 38.4 cm³/mol. The summed E-state index contributed by atoms with van der Waals surface area (Å²) in [6.45, 7) is 1.58. The highest BCUT2D eigenvalue weighted by molar-refractivity contribution is 5.75. The number of carbonyl (C=O) groups excluding carboxylic acids is 1. The van der Waals surface area contributed by atoms with Gasteiger partial charge in [-0.2, -0.15) is 0 Å². The molecular weight excluding hydrogens is 164 g/mol. The van der Waals surface area contributed by atoms with Gasteiger partial charge in [0.1, 0.15) is 12.2 Å². The van der Waals surface area contributed by atoms with Gasteiger partial charge in [-0.25, -0.2) is 4.79 Å². The van der Waals surface area contributed by atoms with E-state index < -0.39 is 30.4 Å². The van der Waals surface area contributed by atoms with Crippen molar-refractivity contribution in [3.63, 3.8) is 0 Å². The van der Waals surface area contributed by atoms with E-state index >= 15 is 0 Å². The SMILES string of the molecule is COC(=O)[C@@H]1O[C@H](C)[C@@H](O)[C@@H]1O. The van der Waals surface area contributed by atoms with Gasteiger partial charge >= 0.3 is 5.97 Å². The van der Waals surface area contributed by atoms with Crippen molar-refractivity contribution in [1.82, 2.24) is 0 Å². The molecule has 1 fully saturated rings. The molecule has 70 valence electrons. The molecule has 1 rings (SSSR count). The maximum Gasteiger partial charge on any atom is 0.337 e. The van der Waals surface area contributed by atoms with E-state index in [1.807, 2.05) is 0 Å². The lowest BCUT2D eigenvalue weighted by molar-refractivity contribution is -0.156. The van der Waals surface area contributed by atoms with Crippen LogP contribution in [0.3, 0.4) is 0 Å². The number of aliphatic hydroxyl groups is 2. The van der Waals surface area contributed by atoms with E-state index in [9.17, 15) is 15.0 Å². The maximum absolute atomic E-state index is 10.9. The molecule has 0 aromatic heterocycles. The first-order valence-corrected chi connectivity index (χ1v) is 3.67. The molecule has 0 aliphatic carbocycles. The molecule has 0 aromatic carbocycles. The van der Waals surface area contributed by atoms with Gasteiger partial charge in [-0.05, 0) is 6.92 Å². The van der Waals surface area contributed by atoms with Crippen molar-refractivity contribution < 1.29 is 24.5 Å². The van der Waals surface area contributed by atoms with Crippen LogP contribution in [0.1, 0.15) is 6.92 Å². The third-order valence-electron chi connectivity index (χ3n) is 1.94. The van der Waals surface area contributed by atoms with Crippen molar-refractivity contribution >= 4 is 5.97 Å². The molecule has 0 amide bonds. The summed E-state index contributed by atoms with van der Waals surface area (Å²) in [6, 6.07) is 0. The fourth-order valence-corrected chi connectivity index (χ4v) is 1.16. The van der Waals surface area contributed by atoms with Crippen LogP contribution in [0.15, 0.2) is 0 Å². The molecule has 0 aromatic rings. The maximum atomic E-state index is 10.9. The molecule has 12 heavy (non-hydrogen) atoms. The largest absolute Gasteiger partial charge is 0.467 e. The fraction of sp³-hybridized carbons (Fsp3) is 0.857. The highest BCUT2D eigenvalue weighted by Crippen LogP contribution is 2.21. The van der Waals surface area contributed by atoms with Crippen LogP contribution in [-0.4, -0.2) is 47.7 Å². The first kappa shape index (κ1) is 9.44. The summed E-state index contributed by atoms with van der Waals surface area (Å²) in [5.41, 5.74) is 0. The van der Waals surface area contributed by atoms with Gasteiger partial charge in [0.05, 0.1) is 13.2 Å². The number of methoxy groups -OCH3 is 1. The Hall–Kier alpha value is -0.650. The van der Waals surface area contributed by atoms with Gasteiger partial charge in [0.15, 0.2) is 6.10 Å². The van der Waals surface area contributed by atoms with Gasteiger partial charge < -0.3 is 19.7 Å². The summed E-state index contributed by atoms with van der Waals surface area (Å²) in [4.78, 5) is 10.9. The van der Waals surface area contributed by atoms with E-state index in [0.717, 1.165) is 0 Å². The van der Waals surface area contributed by atoms with E-state index in [1.165, 1.54) is 7.11 Å². The monoisotopic (exact) mass is 176 g/mol. The second-order valence-electron chi connectivity index (χ2n) is 2.77. The Morgan fingerprint density at radius 2 is 2.00 bits per heavy atom. The van der Waals surface area contributed by atoms with Crippen molar-refractivity contribution in [2.75, 3.05) is 7.11 Å². The second kappa shape index (κ2) is 3.38. The van der Waals surface area contributed by atoms with E-state index in [1.54, 1.807) is 6.92 Å². The Bertz CT molecular complexity index is 181. The molecular formula is C7H12O5. The second-order valence-corrected chi connectivity index (χ2v) is 2.77. The molecule has 1 saturated heterocycles. The van der Waals surface area contributed by atoms with Gasteiger partial charge in [-0.3, -0.25) is 0 Å². The van der Waals surface area contributed by atoms with E-state index in [4.69, 9.17) is 4.74 Å². The Morgan fingerprint density at radius 1 is 1.42 bits per heavy atom. The normalized spacial score (nSPS) is 41.3. The Morgan fingerprint density at radius 3 is 2.33 bits per heavy atom. The number of rotatable bonds is 1. The van der Waals surface area contributed by atoms with Crippen LogP contribution >= 0.6 is 0 Å². The predicted octanol–water partition coefficient (Wildman–Crippen LogP) is -1.33. The number of ether oxygens (including phenoxy) is 2. The van der Waals surface area contributed by atoms with Gasteiger partial charge in [-0.15, -0.1) is 0 Å². The topological polar surface area (TPSA) is 76.0 Å². The van der Waals surface area contributed by atoms with Crippen molar-refractivity contribution in [2.45, 2.75) is 31.3 Å². The minimum absolute atomic E-state index is 0.538. The number of hydrogen-bond acceptors (Lipinski definition) is 5. The molecule has 5 nitrogen and oxygen atoms in total. The summed E-state index contributed by atoms with van der Waals surface area (Å²) in [6.07, 6.45) is -3.80. The quantitative estimate of drug-likeness (QED) is 0.484. The lowest BCUT2D eigenvalue weighted by Gasteiger charge is -2.11. The van der Waals surface area contributed by atoms with Crippen molar-refractivity contribution in [1.29, 1.82) is 0 Å². The average Bonchev–Trinajstić information content (AvgIpc) is 2.32. The van der Waals surface area contributed by atoms with Crippen LogP contribution in [0.2, 0.25) is 0 Å². The molecule has 2 N–H and O–H groups in total. The third kappa shape index (κ3) is 1.43. The molecule has 4 atom stereocenters. The van der Waals surface area contributed by atoms with Crippen LogP contribution in [0, 0.1) is 0 Å². The lowest BCUT2D eigenvalue weighted by atomic mass is 10.1. The van der Waals surface area contributed by atoms with Crippen molar-refractivity contribution in [2.24, 2.45) is 0 Å². The third-order valence-corrected chi connectivity index (χ3v) is 1.94. The highest BCUT2D eigenvalue weighted by Gasteiger charge is 2.44. The van der Waals surface area contributed by atoms with Crippen LogP contribution in [0.25, 0.3) is 0 Å². The van der Waals surface area contributed by atoms with Gasteiger partial charge in [0, 0.05) is 0 Å². The first-order chi connectivity index (χ1) is 5.57. The summed E-state index contributed by atoms with van der Waals surface area (Å²) in [7, 11) is 1.20. The highest BCUT2D eigenvalue weighted by atomic mass is 16.6. The number of esters is 1. The van der Waals surface area contributed by atoms with E-state index in [0.29, 0.717) is 0 Å². The van der Waals surface area contributed by atoms with Crippen LogP contribution in [-0.2, 0) is 14.3 Å². The average molecular weight is 176 g/mol. The Balaban J connectivity index is 2.64. The molecule has 1 heterocycles. The molecule has 0 spiro atoms. The van der Waals surface area contributed by atoms with E-state index in [2.05, 4.69) is 4.74 Å². The Kier molecular flexibility index (Phi) is 2.66. The van der Waals surface area contributed by atoms with E-state index in [-0.39, 0.29) is 0 Å². The van der Waals surface area contributed by atoms with Crippen LogP contribution in [0.5, 0.6) is 0 Å². The number of carbonyl (C=O) groups is 1. The van der Waals surface area contributed by atoms with Gasteiger partial charge in [0.2, 0.25) is 0 Å².